The molecule has 1 aliphatic heterocycles. The fourth-order valence-corrected chi connectivity index (χ4v) is 4.40. The van der Waals surface area contributed by atoms with Gasteiger partial charge >= 0.3 is 0 Å². The fourth-order valence-electron chi connectivity index (χ4n) is 3.53. The second kappa shape index (κ2) is 5.45. The molecule has 2 heterocycles. The van der Waals surface area contributed by atoms with Gasteiger partial charge in [-0.15, -0.1) is 11.3 Å². The van der Waals surface area contributed by atoms with Gasteiger partial charge in [-0.1, -0.05) is 38.1 Å². The zero-order chi connectivity index (χ0) is 16.9. The summed E-state index contributed by atoms with van der Waals surface area (Å²) in [5.74, 6) is 0. The Morgan fingerprint density at radius 3 is 2.71 bits per heavy atom. The number of aromatic nitrogens is 1. The molecule has 0 saturated carbocycles. The van der Waals surface area contributed by atoms with E-state index < -0.39 is 0 Å². The van der Waals surface area contributed by atoms with Crippen molar-refractivity contribution in [2.24, 2.45) is 0 Å². The molecule has 0 radical (unpaired) electrons. The molecule has 0 aliphatic carbocycles. The average molecular weight is 334 g/mol. The third-order valence-electron chi connectivity index (χ3n) is 5.45. The highest BCUT2D eigenvalue weighted by molar-refractivity contribution is 7.19. The molecule has 122 valence electrons. The summed E-state index contributed by atoms with van der Waals surface area (Å²) in [6.45, 7) is 6.97. The lowest BCUT2D eigenvalue weighted by molar-refractivity contribution is 0.454. The molecule has 24 heavy (non-hydrogen) atoms. The minimum Gasteiger partial charge on any atom is -0.371 e. The van der Waals surface area contributed by atoms with Crippen LogP contribution in [0.1, 0.15) is 36.9 Å². The molecule has 3 aromatic rings. The molecule has 3 heteroatoms. The van der Waals surface area contributed by atoms with Crippen LogP contribution >= 0.6 is 11.3 Å². The topological polar surface area (TPSA) is 16.1 Å². The standard InChI is InChI=1S/C21H22N2S/c1-14-21(2,3)16-13-15(9-11-18(16)23(14)4)10-12-20-22-17-7-5-6-8-19(17)24-20/h5-14H,1-4H3/b12-10+. The van der Waals surface area contributed by atoms with Gasteiger partial charge in [0.25, 0.3) is 0 Å². The maximum Gasteiger partial charge on any atom is 0.117 e. The van der Waals surface area contributed by atoms with Crippen molar-refractivity contribution in [1.29, 1.82) is 0 Å². The second-order valence-electron chi connectivity index (χ2n) is 7.14. The van der Waals surface area contributed by atoms with Gasteiger partial charge in [-0.2, -0.15) is 0 Å². The number of anilines is 1. The first kappa shape index (κ1) is 15.4. The van der Waals surface area contributed by atoms with Crippen LogP contribution in [0, 0.1) is 0 Å². The van der Waals surface area contributed by atoms with E-state index in [1.165, 1.54) is 21.5 Å². The normalized spacial score (nSPS) is 19.3. The van der Waals surface area contributed by atoms with E-state index >= 15 is 0 Å². The molecule has 1 unspecified atom stereocenters. The highest BCUT2D eigenvalue weighted by Crippen LogP contribution is 2.44. The van der Waals surface area contributed by atoms with Crippen LogP contribution in [-0.2, 0) is 5.41 Å². The number of likely N-dealkylation sites (N-methyl/N-ethyl adjacent to an activating group) is 1. The highest BCUT2D eigenvalue weighted by atomic mass is 32.1. The third-order valence-corrected chi connectivity index (χ3v) is 6.45. The van der Waals surface area contributed by atoms with Gasteiger partial charge in [-0.05, 0) is 48.4 Å². The van der Waals surface area contributed by atoms with Crippen LogP contribution in [-0.4, -0.2) is 18.1 Å². The Bertz CT molecular complexity index is 903. The van der Waals surface area contributed by atoms with E-state index in [4.69, 9.17) is 0 Å². The molecule has 1 aromatic heterocycles. The average Bonchev–Trinajstić information content (AvgIpc) is 3.07. The van der Waals surface area contributed by atoms with Gasteiger partial charge in [0.15, 0.2) is 0 Å². The summed E-state index contributed by atoms with van der Waals surface area (Å²) < 4.78 is 1.24. The van der Waals surface area contributed by atoms with Crippen LogP contribution in [0.3, 0.4) is 0 Å². The number of fused-ring (bicyclic) bond motifs is 2. The maximum absolute atomic E-state index is 4.68. The van der Waals surface area contributed by atoms with E-state index in [0.717, 1.165) is 10.5 Å². The lowest BCUT2D eigenvalue weighted by Crippen LogP contribution is -2.36. The molecule has 0 spiro atoms. The Labute approximate surface area is 147 Å². The first-order chi connectivity index (χ1) is 11.5. The number of para-hydroxylation sites is 1. The Morgan fingerprint density at radius 2 is 1.92 bits per heavy atom. The lowest BCUT2D eigenvalue weighted by atomic mass is 9.81. The number of rotatable bonds is 2. The van der Waals surface area contributed by atoms with E-state index in [-0.39, 0.29) is 5.41 Å². The van der Waals surface area contributed by atoms with E-state index in [1.54, 1.807) is 11.3 Å². The van der Waals surface area contributed by atoms with Crippen molar-refractivity contribution < 1.29 is 0 Å². The number of hydrogen-bond acceptors (Lipinski definition) is 3. The molecule has 2 aromatic carbocycles. The molecular formula is C21H22N2S. The van der Waals surface area contributed by atoms with Gasteiger partial charge in [0.1, 0.15) is 5.01 Å². The van der Waals surface area contributed by atoms with Crippen LogP contribution in [0.15, 0.2) is 42.5 Å². The fraction of sp³-hybridized carbons (Fsp3) is 0.286. The largest absolute Gasteiger partial charge is 0.371 e. The van der Waals surface area contributed by atoms with Crippen molar-refractivity contribution in [1.82, 2.24) is 4.98 Å². The second-order valence-corrected chi connectivity index (χ2v) is 8.20. The molecule has 0 N–H and O–H groups in total. The Balaban J connectivity index is 1.68. The molecule has 4 rings (SSSR count). The molecule has 0 fully saturated rings. The molecular weight excluding hydrogens is 312 g/mol. The van der Waals surface area contributed by atoms with Crippen LogP contribution in [0.5, 0.6) is 0 Å². The first-order valence-electron chi connectivity index (χ1n) is 8.38. The monoisotopic (exact) mass is 334 g/mol. The SMILES string of the molecule is CC1N(C)c2ccc(/C=C/c3nc4ccccc4s3)cc2C1(C)C. The van der Waals surface area contributed by atoms with Crippen molar-refractivity contribution in [2.45, 2.75) is 32.2 Å². The van der Waals surface area contributed by atoms with Crippen LogP contribution in [0.25, 0.3) is 22.4 Å². The summed E-state index contributed by atoms with van der Waals surface area (Å²) in [4.78, 5) is 7.06. The summed E-state index contributed by atoms with van der Waals surface area (Å²) in [5.41, 5.74) is 5.27. The van der Waals surface area contributed by atoms with Gasteiger partial charge in [0.05, 0.1) is 10.2 Å². The number of benzene rings is 2. The molecule has 1 aliphatic rings. The number of hydrogen-bond donors (Lipinski definition) is 0. The lowest BCUT2D eigenvalue weighted by Gasteiger charge is -2.28. The highest BCUT2D eigenvalue weighted by Gasteiger charge is 2.39. The predicted molar refractivity (Wildman–Crippen MR) is 106 cm³/mol. The van der Waals surface area contributed by atoms with Gasteiger partial charge in [-0.25, -0.2) is 4.98 Å². The summed E-state index contributed by atoms with van der Waals surface area (Å²) in [5, 5.41) is 1.06. The van der Waals surface area contributed by atoms with E-state index in [2.05, 4.69) is 86.3 Å². The first-order valence-corrected chi connectivity index (χ1v) is 9.19. The predicted octanol–water partition coefficient (Wildman–Crippen LogP) is 5.58. The summed E-state index contributed by atoms with van der Waals surface area (Å²) in [6, 6.07) is 15.6. The Hall–Kier alpha value is -2.13. The van der Waals surface area contributed by atoms with Gasteiger partial charge in [0.2, 0.25) is 0 Å². The van der Waals surface area contributed by atoms with Crippen molar-refractivity contribution in [2.75, 3.05) is 11.9 Å². The zero-order valence-electron chi connectivity index (χ0n) is 14.6. The van der Waals surface area contributed by atoms with E-state index in [9.17, 15) is 0 Å². The van der Waals surface area contributed by atoms with Crippen molar-refractivity contribution in [3.63, 3.8) is 0 Å². The summed E-state index contributed by atoms with van der Waals surface area (Å²) in [6.07, 6.45) is 4.30. The van der Waals surface area contributed by atoms with Crippen molar-refractivity contribution in [3.8, 4) is 0 Å². The number of thiazole rings is 1. The van der Waals surface area contributed by atoms with Gasteiger partial charge in [-0.3, -0.25) is 0 Å². The molecule has 0 bridgehead atoms. The Kier molecular flexibility index (Phi) is 3.50. The summed E-state index contributed by atoms with van der Waals surface area (Å²) >= 11 is 1.74. The zero-order valence-corrected chi connectivity index (χ0v) is 15.4. The molecule has 1 atom stereocenters. The third kappa shape index (κ3) is 2.35. The van der Waals surface area contributed by atoms with Gasteiger partial charge in [0, 0.05) is 24.2 Å². The van der Waals surface area contributed by atoms with Crippen LogP contribution in [0.2, 0.25) is 0 Å². The minimum absolute atomic E-state index is 0.170. The van der Waals surface area contributed by atoms with Crippen LogP contribution < -0.4 is 4.90 Å². The molecule has 0 saturated heterocycles. The number of nitrogens with zero attached hydrogens (tertiary/aromatic N) is 2. The van der Waals surface area contributed by atoms with E-state index in [1.807, 2.05) is 6.07 Å². The van der Waals surface area contributed by atoms with E-state index in [0.29, 0.717) is 6.04 Å². The van der Waals surface area contributed by atoms with Crippen LogP contribution in [0.4, 0.5) is 5.69 Å². The summed E-state index contributed by atoms with van der Waals surface area (Å²) in [7, 11) is 2.19. The Morgan fingerprint density at radius 1 is 1.12 bits per heavy atom. The smallest absolute Gasteiger partial charge is 0.117 e. The molecule has 2 nitrogen and oxygen atoms in total. The van der Waals surface area contributed by atoms with Gasteiger partial charge < -0.3 is 4.90 Å². The minimum atomic E-state index is 0.170. The van der Waals surface area contributed by atoms with Crippen molar-refractivity contribution in [3.05, 3.63) is 58.6 Å². The maximum atomic E-state index is 4.68. The van der Waals surface area contributed by atoms with Crippen molar-refractivity contribution >= 4 is 39.4 Å². The molecule has 0 amide bonds. The quantitative estimate of drug-likeness (QED) is 0.608.